The summed E-state index contributed by atoms with van der Waals surface area (Å²) >= 11 is 25.4. The quantitative estimate of drug-likeness (QED) is 0.217. The number of rotatable bonds is 5. The number of hydrogen-bond donors (Lipinski definition) is 0. The van der Waals surface area contributed by atoms with E-state index in [1.54, 1.807) is 12.1 Å². The van der Waals surface area contributed by atoms with Crippen molar-refractivity contribution < 1.29 is 19.2 Å². The topological polar surface area (TPSA) is 74.8 Å². The van der Waals surface area contributed by atoms with E-state index in [0.717, 1.165) is 10.0 Å². The van der Waals surface area contributed by atoms with Crippen molar-refractivity contribution in [1.82, 2.24) is 10.0 Å². The molecule has 184 valence electrons. The first kappa shape index (κ1) is 26.6. The molecule has 5 atom stereocenters. The molecule has 1 aliphatic heterocycles. The Morgan fingerprint density at radius 2 is 1.43 bits per heavy atom. The van der Waals surface area contributed by atoms with Gasteiger partial charge in [-0.1, -0.05) is 66.7 Å². The minimum atomic E-state index is -1.19. The van der Waals surface area contributed by atoms with E-state index in [4.69, 9.17) is 34.8 Å². The van der Waals surface area contributed by atoms with Crippen molar-refractivity contribution in [1.29, 1.82) is 0 Å². The van der Waals surface area contributed by atoms with Crippen molar-refractivity contribution in [3.05, 3.63) is 68.7 Å². The molecule has 2 aromatic carbocycles. The smallest absolute Gasteiger partial charge is 0.275 e. The van der Waals surface area contributed by atoms with Crippen LogP contribution in [0.2, 0.25) is 15.1 Å². The number of hydrogen-bond acceptors (Lipinski definition) is 4. The van der Waals surface area contributed by atoms with Gasteiger partial charge in [0, 0.05) is 25.3 Å². The summed E-state index contributed by atoms with van der Waals surface area (Å²) in [4.78, 5) is 54.2. The summed E-state index contributed by atoms with van der Waals surface area (Å²) in [6.45, 7) is 1.47. The maximum Gasteiger partial charge on any atom is 0.275 e. The zero-order valence-electron chi connectivity index (χ0n) is 18.3. The van der Waals surface area contributed by atoms with Gasteiger partial charge in [0.2, 0.25) is 0 Å². The van der Waals surface area contributed by atoms with Gasteiger partial charge in [0.25, 0.3) is 17.7 Å². The zero-order chi connectivity index (χ0) is 25.6. The van der Waals surface area contributed by atoms with Gasteiger partial charge in [-0.15, -0.1) is 0 Å². The summed E-state index contributed by atoms with van der Waals surface area (Å²) in [6.07, 6.45) is 0.843. The number of alkyl halides is 2. The number of benzene rings is 2. The SMILES string of the molecule is C[C@H](C(=O)c1ccc(Cl)cc1)N(C(=O)c1ccc(Cl)cc1Cl)N1C(=O)[C@H]2C[C@@H](Br)[C@@H](Br)C[C@H]2C1=O. The third-order valence-corrected chi connectivity index (χ3v) is 9.88. The third-order valence-electron chi connectivity index (χ3n) is 6.35. The molecule has 0 bridgehead atoms. The van der Waals surface area contributed by atoms with Gasteiger partial charge in [-0.3, -0.25) is 19.2 Å². The van der Waals surface area contributed by atoms with E-state index in [-0.39, 0.29) is 25.8 Å². The molecule has 2 aliphatic rings. The minimum absolute atomic E-state index is 0.0107. The summed E-state index contributed by atoms with van der Waals surface area (Å²) in [7, 11) is 0. The molecule has 35 heavy (non-hydrogen) atoms. The predicted molar refractivity (Wildman–Crippen MR) is 141 cm³/mol. The summed E-state index contributed by atoms with van der Waals surface area (Å²) < 4.78 is 0. The number of imide groups is 1. The van der Waals surface area contributed by atoms with Crippen molar-refractivity contribution in [3.63, 3.8) is 0 Å². The number of nitrogens with zero attached hydrogens (tertiary/aromatic N) is 2. The van der Waals surface area contributed by atoms with Crippen molar-refractivity contribution in [3.8, 4) is 0 Å². The monoisotopic (exact) mass is 662 g/mol. The Morgan fingerprint density at radius 3 is 1.94 bits per heavy atom. The molecule has 0 unspecified atom stereocenters. The van der Waals surface area contributed by atoms with E-state index in [2.05, 4.69) is 31.9 Å². The van der Waals surface area contributed by atoms with E-state index in [0.29, 0.717) is 22.9 Å². The Bertz CT molecular complexity index is 1180. The molecule has 11 heteroatoms. The Kier molecular flexibility index (Phi) is 7.98. The molecule has 1 aliphatic carbocycles. The molecule has 2 fully saturated rings. The van der Waals surface area contributed by atoms with E-state index < -0.39 is 41.4 Å². The number of amides is 3. The van der Waals surface area contributed by atoms with Gasteiger partial charge in [-0.05, 0) is 62.2 Å². The molecule has 3 amide bonds. The van der Waals surface area contributed by atoms with E-state index in [1.807, 2.05) is 0 Å². The highest BCUT2D eigenvalue weighted by Crippen LogP contribution is 2.44. The van der Waals surface area contributed by atoms with Crippen LogP contribution in [0.15, 0.2) is 42.5 Å². The second-order valence-electron chi connectivity index (χ2n) is 8.53. The molecule has 1 heterocycles. The number of Topliss-reactive ketones (excluding diaryl/α,β-unsaturated/α-hetero) is 1. The first-order chi connectivity index (χ1) is 16.5. The molecule has 6 nitrogen and oxygen atoms in total. The Balaban J connectivity index is 1.77. The lowest BCUT2D eigenvalue weighted by molar-refractivity contribution is -0.156. The van der Waals surface area contributed by atoms with Crippen LogP contribution in [-0.4, -0.2) is 49.2 Å². The number of halogens is 5. The molecule has 1 saturated carbocycles. The third kappa shape index (κ3) is 5.05. The fraction of sp³-hybridized carbons (Fsp3) is 0.333. The fourth-order valence-corrected chi connectivity index (χ4v) is 6.34. The van der Waals surface area contributed by atoms with Crippen LogP contribution >= 0.6 is 66.7 Å². The average Bonchev–Trinajstić information content (AvgIpc) is 3.04. The number of carbonyl (C=O) groups excluding carboxylic acids is 4. The lowest BCUT2D eigenvalue weighted by Gasteiger charge is -2.35. The van der Waals surface area contributed by atoms with Crippen LogP contribution < -0.4 is 0 Å². The molecule has 0 radical (unpaired) electrons. The summed E-state index contributed by atoms with van der Waals surface area (Å²) in [5.41, 5.74) is 0.290. The predicted octanol–water partition coefficient (Wildman–Crippen LogP) is 6.20. The molecule has 1 saturated heterocycles. The van der Waals surface area contributed by atoms with Crippen LogP contribution in [0.5, 0.6) is 0 Å². The Morgan fingerprint density at radius 1 is 0.914 bits per heavy atom. The normalized spacial score (nSPS) is 24.8. The number of carbonyl (C=O) groups is 4. The number of hydrazine groups is 1. The maximum absolute atomic E-state index is 13.8. The molecular formula is C24H19Br2Cl3N2O4. The van der Waals surface area contributed by atoms with Gasteiger partial charge < -0.3 is 0 Å². The number of ketones is 1. The van der Waals surface area contributed by atoms with Crippen molar-refractivity contribution in [2.75, 3.05) is 0 Å². The van der Waals surface area contributed by atoms with Crippen molar-refractivity contribution in [2.45, 2.75) is 35.5 Å². The average molecular weight is 666 g/mol. The Labute approximate surface area is 234 Å². The molecule has 0 aromatic heterocycles. The standard InChI is InChI=1S/C24H19Br2Cl3N2O4/c1-11(21(32)12-2-4-13(27)5-3-12)30(22(33)15-7-6-14(28)8-20(15)29)31-23(34)16-9-18(25)19(26)10-17(16)24(31)35/h2-8,11,16-19H,9-10H2,1H3/t11-,16-,17+,18+,19-/m1/s1. The highest BCUT2D eigenvalue weighted by atomic mass is 79.9. The van der Waals surface area contributed by atoms with Crippen LogP contribution in [-0.2, 0) is 9.59 Å². The molecule has 0 spiro atoms. The lowest BCUT2D eigenvalue weighted by Crippen LogP contribution is -2.56. The summed E-state index contributed by atoms with van der Waals surface area (Å²) in [5.74, 6) is -3.46. The Hall–Kier alpha value is -1.45. The number of fused-ring (bicyclic) bond motifs is 1. The summed E-state index contributed by atoms with van der Waals surface area (Å²) in [6, 6.07) is 9.23. The summed E-state index contributed by atoms with van der Waals surface area (Å²) in [5, 5.41) is 2.57. The van der Waals surface area contributed by atoms with Crippen molar-refractivity contribution in [2.24, 2.45) is 11.8 Å². The van der Waals surface area contributed by atoms with Crippen LogP contribution in [0.3, 0.4) is 0 Å². The molecule has 2 aromatic rings. The van der Waals surface area contributed by atoms with E-state index in [1.165, 1.54) is 37.3 Å². The van der Waals surface area contributed by atoms with Crippen LogP contribution in [0.4, 0.5) is 0 Å². The molecule has 0 N–H and O–H groups in total. The first-order valence-corrected chi connectivity index (χ1v) is 13.7. The van der Waals surface area contributed by atoms with E-state index in [9.17, 15) is 19.2 Å². The highest BCUT2D eigenvalue weighted by Gasteiger charge is 2.55. The molecule has 4 rings (SSSR count). The van der Waals surface area contributed by atoms with E-state index >= 15 is 0 Å². The van der Waals surface area contributed by atoms with Gasteiger partial charge in [0.05, 0.1) is 22.4 Å². The van der Waals surface area contributed by atoms with Gasteiger partial charge in [0.15, 0.2) is 5.78 Å². The van der Waals surface area contributed by atoms with Gasteiger partial charge >= 0.3 is 0 Å². The molecular weight excluding hydrogens is 646 g/mol. The largest absolute Gasteiger partial charge is 0.292 e. The van der Waals surface area contributed by atoms with Gasteiger partial charge in [0.1, 0.15) is 6.04 Å². The minimum Gasteiger partial charge on any atom is -0.292 e. The highest BCUT2D eigenvalue weighted by molar-refractivity contribution is 9.12. The first-order valence-electron chi connectivity index (χ1n) is 10.8. The van der Waals surface area contributed by atoms with Crippen LogP contribution in [0.1, 0.15) is 40.5 Å². The zero-order valence-corrected chi connectivity index (χ0v) is 23.7. The van der Waals surface area contributed by atoms with Gasteiger partial charge in [-0.2, -0.15) is 5.01 Å². The van der Waals surface area contributed by atoms with Gasteiger partial charge in [-0.25, -0.2) is 5.01 Å². The second-order valence-corrected chi connectivity index (χ2v) is 12.2. The van der Waals surface area contributed by atoms with Crippen LogP contribution in [0.25, 0.3) is 0 Å². The fourth-order valence-electron chi connectivity index (χ4n) is 4.48. The van der Waals surface area contributed by atoms with Crippen LogP contribution in [0, 0.1) is 11.8 Å². The van der Waals surface area contributed by atoms with Crippen molar-refractivity contribution >= 4 is 90.2 Å². The lowest BCUT2D eigenvalue weighted by atomic mass is 9.81. The maximum atomic E-state index is 13.8. The second kappa shape index (κ2) is 10.5.